The molecule has 0 radical (unpaired) electrons. The first-order valence-electron chi connectivity index (χ1n) is 4.16. The van der Waals surface area contributed by atoms with Gasteiger partial charge in [0.1, 0.15) is 12.6 Å². The van der Waals surface area contributed by atoms with Gasteiger partial charge in [-0.05, 0) is 6.42 Å². The Morgan fingerprint density at radius 2 is 1.91 bits per heavy atom. The number of unbranched alkanes of at least 4 members (excludes halogenated alkanes) is 1. The molecule has 0 rings (SSSR count). The Bertz CT molecular complexity index is 121. The minimum Gasteiger partial charge on any atom is -0.303 e. The molecule has 0 aliphatic heterocycles. The van der Waals surface area contributed by atoms with Gasteiger partial charge in [-0.2, -0.15) is 0 Å². The topological polar surface area (TPSA) is 34.1 Å². The lowest BCUT2D eigenvalue weighted by atomic mass is 9.92. The molecule has 0 amide bonds. The molecule has 11 heavy (non-hydrogen) atoms. The standard InChI is InChI=1S/C9H16O2/c1-3-4-5-9(7-11)8(2)6-10/h6-9H,3-5H2,1-2H3. The van der Waals surface area contributed by atoms with Gasteiger partial charge in [-0.3, -0.25) is 0 Å². The molecule has 2 heteroatoms. The average Bonchev–Trinajstić information content (AvgIpc) is 2.05. The van der Waals surface area contributed by atoms with Crippen molar-refractivity contribution in [1.82, 2.24) is 0 Å². The number of hydrogen-bond donors (Lipinski definition) is 0. The summed E-state index contributed by atoms with van der Waals surface area (Å²) in [5, 5.41) is 0. The fraction of sp³-hybridized carbons (Fsp3) is 0.778. The van der Waals surface area contributed by atoms with Gasteiger partial charge < -0.3 is 9.59 Å². The number of carbonyl (C=O) groups is 2. The van der Waals surface area contributed by atoms with Gasteiger partial charge in [-0.15, -0.1) is 0 Å². The van der Waals surface area contributed by atoms with Crippen LogP contribution in [-0.2, 0) is 9.59 Å². The zero-order chi connectivity index (χ0) is 8.69. The molecule has 0 aromatic carbocycles. The van der Waals surface area contributed by atoms with Crippen molar-refractivity contribution in [2.75, 3.05) is 0 Å². The van der Waals surface area contributed by atoms with Gasteiger partial charge in [0.05, 0.1) is 0 Å². The fourth-order valence-electron chi connectivity index (χ4n) is 0.996. The van der Waals surface area contributed by atoms with Gasteiger partial charge in [0.15, 0.2) is 0 Å². The van der Waals surface area contributed by atoms with Crippen LogP contribution in [0.3, 0.4) is 0 Å². The molecule has 64 valence electrons. The molecular weight excluding hydrogens is 140 g/mol. The first-order chi connectivity index (χ1) is 5.26. The first kappa shape index (κ1) is 10.3. The quantitative estimate of drug-likeness (QED) is 0.550. The van der Waals surface area contributed by atoms with Crippen LogP contribution in [0.4, 0.5) is 0 Å². The fourth-order valence-corrected chi connectivity index (χ4v) is 0.996. The monoisotopic (exact) mass is 156 g/mol. The molecule has 2 nitrogen and oxygen atoms in total. The molecule has 0 N–H and O–H groups in total. The molecule has 0 saturated heterocycles. The third-order valence-corrected chi connectivity index (χ3v) is 1.96. The molecule has 0 heterocycles. The lowest BCUT2D eigenvalue weighted by Crippen LogP contribution is -2.14. The molecule has 2 atom stereocenters. The minimum absolute atomic E-state index is 0.0625. The van der Waals surface area contributed by atoms with E-state index in [1.807, 2.05) is 0 Å². The predicted molar refractivity (Wildman–Crippen MR) is 44.3 cm³/mol. The number of rotatable bonds is 6. The normalized spacial score (nSPS) is 15.5. The van der Waals surface area contributed by atoms with Gasteiger partial charge in [0.2, 0.25) is 0 Å². The second-order valence-corrected chi connectivity index (χ2v) is 2.94. The van der Waals surface area contributed by atoms with Crippen LogP contribution in [0.15, 0.2) is 0 Å². The number of hydrogen-bond acceptors (Lipinski definition) is 2. The van der Waals surface area contributed by atoms with E-state index < -0.39 is 0 Å². The van der Waals surface area contributed by atoms with E-state index in [1.165, 1.54) is 0 Å². The van der Waals surface area contributed by atoms with Crippen molar-refractivity contribution >= 4 is 12.6 Å². The maximum Gasteiger partial charge on any atom is 0.123 e. The van der Waals surface area contributed by atoms with E-state index in [-0.39, 0.29) is 11.8 Å². The summed E-state index contributed by atoms with van der Waals surface area (Å²) in [6.45, 7) is 3.87. The molecule has 0 aromatic heterocycles. The van der Waals surface area contributed by atoms with Gasteiger partial charge in [-0.1, -0.05) is 26.7 Å². The van der Waals surface area contributed by atoms with E-state index in [9.17, 15) is 9.59 Å². The van der Waals surface area contributed by atoms with Gasteiger partial charge in [0.25, 0.3) is 0 Å². The Morgan fingerprint density at radius 1 is 1.27 bits per heavy atom. The summed E-state index contributed by atoms with van der Waals surface area (Å²) in [6, 6.07) is 0. The molecule has 0 bridgehead atoms. The number of carbonyl (C=O) groups excluding carboxylic acids is 2. The summed E-state index contributed by atoms with van der Waals surface area (Å²) in [5.41, 5.74) is 0. The summed E-state index contributed by atoms with van der Waals surface area (Å²) < 4.78 is 0. The highest BCUT2D eigenvalue weighted by Crippen LogP contribution is 2.13. The second-order valence-electron chi connectivity index (χ2n) is 2.94. The summed E-state index contributed by atoms with van der Waals surface area (Å²) >= 11 is 0. The van der Waals surface area contributed by atoms with Crippen molar-refractivity contribution < 1.29 is 9.59 Å². The molecule has 0 fully saturated rings. The van der Waals surface area contributed by atoms with Crippen molar-refractivity contribution in [2.45, 2.75) is 33.1 Å². The molecule has 0 spiro atoms. The zero-order valence-corrected chi connectivity index (χ0v) is 7.25. The Kier molecular flexibility index (Phi) is 5.71. The largest absolute Gasteiger partial charge is 0.303 e. The van der Waals surface area contributed by atoms with Crippen molar-refractivity contribution in [2.24, 2.45) is 11.8 Å². The van der Waals surface area contributed by atoms with Crippen molar-refractivity contribution in [3.8, 4) is 0 Å². The lowest BCUT2D eigenvalue weighted by Gasteiger charge is -2.11. The highest BCUT2D eigenvalue weighted by atomic mass is 16.1. The molecule has 2 unspecified atom stereocenters. The summed E-state index contributed by atoms with van der Waals surface area (Å²) in [4.78, 5) is 20.8. The Labute approximate surface area is 68.0 Å². The molecule has 0 aromatic rings. The summed E-state index contributed by atoms with van der Waals surface area (Å²) in [5.74, 6) is -0.175. The maximum absolute atomic E-state index is 10.5. The minimum atomic E-state index is -0.112. The van der Waals surface area contributed by atoms with Crippen molar-refractivity contribution in [1.29, 1.82) is 0 Å². The van der Waals surface area contributed by atoms with Crippen molar-refractivity contribution in [3.63, 3.8) is 0 Å². The Hall–Kier alpha value is -0.660. The van der Waals surface area contributed by atoms with Crippen LogP contribution in [0.1, 0.15) is 33.1 Å². The highest BCUT2D eigenvalue weighted by Gasteiger charge is 2.14. The van der Waals surface area contributed by atoms with Crippen LogP contribution in [0, 0.1) is 11.8 Å². The van der Waals surface area contributed by atoms with E-state index in [4.69, 9.17) is 0 Å². The van der Waals surface area contributed by atoms with Crippen LogP contribution >= 0.6 is 0 Å². The van der Waals surface area contributed by atoms with Crippen LogP contribution in [0.2, 0.25) is 0 Å². The third-order valence-electron chi connectivity index (χ3n) is 1.96. The average molecular weight is 156 g/mol. The third kappa shape index (κ3) is 3.91. The van der Waals surface area contributed by atoms with Crippen LogP contribution in [0.5, 0.6) is 0 Å². The Morgan fingerprint density at radius 3 is 2.27 bits per heavy atom. The highest BCUT2D eigenvalue weighted by molar-refractivity contribution is 5.64. The van der Waals surface area contributed by atoms with E-state index >= 15 is 0 Å². The van der Waals surface area contributed by atoms with E-state index in [1.54, 1.807) is 6.92 Å². The smallest absolute Gasteiger partial charge is 0.123 e. The van der Waals surface area contributed by atoms with E-state index in [0.29, 0.717) is 0 Å². The van der Waals surface area contributed by atoms with Crippen LogP contribution in [0.25, 0.3) is 0 Å². The van der Waals surface area contributed by atoms with Gasteiger partial charge >= 0.3 is 0 Å². The summed E-state index contributed by atoms with van der Waals surface area (Å²) in [6.07, 6.45) is 4.71. The van der Waals surface area contributed by atoms with Crippen molar-refractivity contribution in [3.05, 3.63) is 0 Å². The summed E-state index contributed by atoms with van der Waals surface area (Å²) in [7, 11) is 0. The Balaban J connectivity index is 3.73. The second kappa shape index (κ2) is 6.08. The number of aldehydes is 2. The first-order valence-corrected chi connectivity index (χ1v) is 4.16. The SMILES string of the molecule is CCCCC(C=O)C(C)C=O. The molecule has 0 saturated carbocycles. The predicted octanol–water partition coefficient (Wildman–Crippen LogP) is 1.83. The molecule has 0 aliphatic carbocycles. The lowest BCUT2D eigenvalue weighted by molar-refractivity contribution is -0.119. The molecular formula is C9H16O2. The zero-order valence-electron chi connectivity index (χ0n) is 7.25. The van der Waals surface area contributed by atoms with Crippen LogP contribution in [-0.4, -0.2) is 12.6 Å². The molecule has 0 aliphatic rings. The van der Waals surface area contributed by atoms with E-state index in [0.717, 1.165) is 31.8 Å². The van der Waals surface area contributed by atoms with Gasteiger partial charge in [-0.25, -0.2) is 0 Å². The van der Waals surface area contributed by atoms with Gasteiger partial charge in [0, 0.05) is 11.8 Å². The van der Waals surface area contributed by atoms with Crippen LogP contribution < -0.4 is 0 Å². The maximum atomic E-state index is 10.5. The van der Waals surface area contributed by atoms with E-state index in [2.05, 4.69) is 6.92 Å².